The van der Waals surface area contributed by atoms with Gasteiger partial charge in [0, 0.05) is 37.4 Å². The fraction of sp³-hybridized carbons (Fsp3) is 0.524. The Kier molecular flexibility index (Phi) is 5.23. The molecule has 30 heavy (non-hydrogen) atoms. The van der Waals surface area contributed by atoms with Gasteiger partial charge in [-0.05, 0) is 39.4 Å². The lowest BCUT2D eigenvalue weighted by Crippen LogP contribution is -2.58. The fourth-order valence-corrected chi connectivity index (χ4v) is 4.35. The van der Waals surface area contributed by atoms with Crippen molar-refractivity contribution in [1.29, 1.82) is 0 Å². The zero-order valence-corrected chi connectivity index (χ0v) is 18.0. The van der Waals surface area contributed by atoms with Crippen LogP contribution in [0.2, 0.25) is 0 Å². The molecular formula is C21H29N7O2. The maximum absolute atomic E-state index is 13.4. The van der Waals surface area contributed by atoms with Gasteiger partial charge < -0.3 is 15.1 Å². The first-order valence-corrected chi connectivity index (χ1v) is 10.4. The molecule has 4 rings (SSSR count). The Morgan fingerprint density at radius 2 is 2.10 bits per heavy atom. The van der Waals surface area contributed by atoms with Gasteiger partial charge in [0.2, 0.25) is 0 Å². The fourth-order valence-electron chi connectivity index (χ4n) is 4.35. The van der Waals surface area contributed by atoms with Crippen molar-refractivity contribution in [3.63, 3.8) is 0 Å². The summed E-state index contributed by atoms with van der Waals surface area (Å²) in [7, 11) is 0. The van der Waals surface area contributed by atoms with E-state index in [1.54, 1.807) is 24.4 Å². The van der Waals surface area contributed by atoms with E-state index in [2.05, 4.69) is 39.2 Å². The number of rotatable bonds is 3. The maximum atomic E-state index is 13.4. The number of amides is 3. The van der Waals surface area contributed by atoms with Gasteiger partial charge in [-0.25, -0.2) is 4.79 Å². The normalized spacial score (nSPS) is 20.9. The number of hydrogen-bond acceptors (Lipinski definition) is 5. The van der Waals surface area contributed by atoms with E-state index >= 15 is 0 Å². The Labute approximate surface area is 176 Å². The second-order valence-corrected chi connectivity index (χ2v) is 8.46. The Hall–Kier alpha value is -2.94. The zero-order valence-electron chi connectivity index (χ0n) is 18.0. The molecule has 0 unspecified atom stereocenters. The number of nitrogens with zero attached hydrogens (tertiary/aromatic N) is 5. The zero-order chi connectivity index (χ0) is 21.5. The van der Waals surface area contributed by atoms with Gasteiger partial charge in [0.05, 0.1) is 17.8 Å². The van der Waals surface area contributed by atoms with Crippen LogP contribution in [-0.2, 0) is 12.1 Å². The molecule has 2 N–H and O–H groups in total. The number of nitrogens with one attached hydrogen (secondary N) is 2. The van der Waals surface area contributed by atoms with Crippen LogP contribution in [0.1, 0.15) is 49.4 Å². The van der Waals surface area contributed by atoms with Crippen LogP contribution in [0.5, 0.6) is 0 Å². The largest absolute Gasteiger partial charge is 0.321 e. The van der Waals surface area contributed by atoms with Crippen molar-refractivity contribution in [1.82, 2.24) is 29.9 Å². The molecule has 0 spiro atoms. The van der Waals surface area contributed by atoms with Crippen LogP contribution in [0, 0.1) is 0 Å². The number of hydrogen-bond donors (Lipinski definition) is 2. The first kappa shape index (κ1) is 20.3. The summed E-state index contributed by atoms with van der Waals surface area (Å²) in [6.45, 7) is 12.1. The van der Waals surface area contributed by atoms with Gasteiger partial charge in [0.15, 0.2) is 5.82 Å². The Balaban J connectivity index is 1.52. The second kappa shape index (κ2) is 7.71. The van der Waals surface area contributed by atoms with Gasteiger partial charge in [-0.15, -0.1) is 0 Å². The summed E-state index contributed by atoms with van der Waals surface area (Å²) in [5, 5.41) is 10.2. The van der Waals surface area contributed by atoms with E-state index in [1.165, 1.54) is 0 Å². The lowest BCUT2D eigenvalue weighted by atomic mass is 10.0. The quantitative estimate of drug-likeness (QED) is 0.807. The van der Waals surface area contributed by atoms with E-state index in [1.807, 2.05) is 23.6 Å². The Bertz CT molecular complexity index is 940. The average molecular weight is 412 g/mol. The van der Waals surface area contributed by atoms with E-state index in [4.69, 9.17) is 0 Å². The number of fused-ring (bicyclic) bond motifs is 1. The van der Waals surface area contributed by atoms with Crippen LogP contribution >= 0.6 is 0 Å². The van der Waals surface area contributed by atoms with Crippen molar-refractivity contribution in [2.45, 2.75) is 45.8 Å². The van der Waals surface area contributed by atoms with Crippen LogP contribution in [0.15, 0.2) is 24.4 Å². The highest BCUT2D eigenvalue weighted by Gasteiger charge is 2.46. The van der Waals surface area contributed by atoms with E-state index in [0.717, 1.165) is 37.4 Å². The highest BCUT2D eigenvalue weighted by Crippen LogP contribution is 2.41. The van der Waals surface area contributed by atoms with Gasteiger partial charge in [-0.3, -0.25) is 19.8 Å². The first-order valence-electron chi connectivity index (χ1n) is 10.4. The molecule has 2 aliphatic heterocycles. The van der Waals surface area contributed by atoms with Crippen LogP contribution in [0.3, 0.4) is 0 Å². The minimum atomic E-state index is -0.547. The van der Waals surface area contributed by atoms with Gasteiger partial charge in [0.1, 0.15) is 5.69 Å². The molecule has 2 aromatic heterocycles. The topological polar surface area (TPSA) is 97.5 Å². The molecule has 3 amide bonds. The van der Waals surface area contributed by atoms with Crippen molar-refractivity contribution >= 4 is 17.8 Å². The van der Waals surface area contributed by atoms with Crippen LogP contribution in [-0.4, -0.2) is 74.0 Å². The lowest BCUT2D eigenvalue weighted by molar-refractivity contribution is 0.0606. The third-order valence-electron chi connectivity index (χ3n) is 6.23. The molecule has 9 heteroatoms. The van der Waals surface area contributed by atoms with Crippen molar-refractivity contribution in [2.75, 3.05) is 31.5 Å². The van der Waals surface area contributed by atoms with E-state index in [0.29, 0.717) is 18.1 Å². The molecule has 0 radical (unpaired) electrons. The second-order valence-electron chi connectivity index (χ2n) is 8.46. The molecule has 9 nitrogen and oxygen atoms in total. The average Bonchev–Trinajstić information content (AvgIpc) is 3.26. The smallest absolute Gasteiger partial charge is 0.319 e. The molecule has 0 aromatic carbocycles. The minimum Gasteiger partial charge on any atom is -0.319 e. The third-order valence-corrected chi connectivity index (χ3v) is 6.23. The molecule has 4 heterocycles. The molecule has 160 valence electrons. The molecule has 2 aromatic rings. The maximum Gasteiger partial charge on any atom is 0.321 e. The summed E-state index contributed by atoms with van der Waals surface area (Å²) >= 11 is 0. The minimum absolute atomic E-state index is 0.0230. The number of anilines is 1. The van der Waals surface area contributed by atoms with Crippen LogP contribution in [0.25, 0.3) is 0 Å². The number of carbonyl (C=O) groups excluding carboxylic acids is 2. The number of aromatic amines is 1. The van der Waals surface area contributed by atoms with Crippen molar-refractivity contribution in [3.05, 3.63) is 41.3 Å². The summed E-state index contributed by atoms with van der Waals surface area (Å²) in [4.78, 5) is 36.2. The van der Waals surface area contributed by atoms with Gasteiger partial charge in [-0.2, -0.15) is 5.10 Å². The number of pyridine rings is 1. The van der Waals surface area contributed by atoms with Crippen LogP contribution in [0.4, 0.5) is 10.6 Å². The molecule has 2 aliphatic rings. The summed E-state index contributed by atoms with van der Waals surface area (Å²) in [5.74, 6) is 0.129. The van der Waals surface area contributed by atoms with Gasteiger partial charge in [0.25, 0.3) is 5.91 Å². The first-order chi connectivity index (χ1) is 14.3. The molecule has 0 aliphatic carbocycles. The number of urea groups is 1. The van der Waals surface area contributed by atoms with E-state index in [-0.39, 0.29) is 18.0 Å². The third kappa shape index (κ3) is 3.43. The molecule has 1 saturated heterocycles. The molecular weight excluding hydrogens is 382 g/mol. The number of aromatic nitrogens is 3. The highest BCUT2D eigenvalue weighted by atomic mass is 16.2. The SMILES string of the molecule is CCN1CCN(C(=O)N2Cc3c(NC(=O)c4ccccn4)n[nH]c3C2(C)C)[C@@H](C)C1. The molecule has 1 atom stereocenters. The highest BCUT2D eigenvalue weighted by molar-refractivity contribution is 6.02. The van der Waals surface area contributed by atoms with Gasteiger partial charge >= 0.3 is 6.03 Å². The summed E-state index contributed by atoms with van der Waals surface area (Å²) in [5.41, 5.74) is 1.47. The predicted molar refractivity (Wildman–Crippen MR) is 113 cm³/mol. The Morgan fingerprint density at radius 1 is 1.30 bits per heavy atom. The standard InChI is InChI=1S/C21H29N7O2/c1-5-26-10-11-27(14(2)12-26)20(30)28-13-15-17(21(28,3)4)24-25-18(15)23-19(29)16-8-6-7-9-22-16/h6-9,14H,5,10-13H2,1-4H3,(H2,23,24,25,29)/t14-/m0/s1. The Morgan fingerprint density at radius 3 is 2.77 bits per heavy atom. The summed E-state index contributed by atoms with van der Waals surface area (Å²) in [6.07, 6.45) is 1.58. The lowest BCUT2D eigenvalue weighted by Gasteiger charge is -2.43. The number of carbonyl (C=O) groups is 2. The van der Waals surface area contributed by atoms with Crippen molar-refractivity contribution in [2.24, 2.45) is 0 Å². The van der Waals surface area contributed by atoms with E-state index in [9.17, 15) is 9.59 Å². The van der Waals surface area contributed by atoms with Gasteiger partial charge in [-0.1, -0.05) is 13.0 Å². The molecule has 0 bridgehead atoms. The molecule has 1 fully saturated rings. The summed E-state index contributed by atoms with van der Waals surface area (Å²) in [6, 6.07) is 5.35. The predicted octanol–water partition coefficient (Wildman–Crippen LogP) is 2.25. The van der Waals surface area contributed by atoms with Crippen molar-refractivity contribution in [3.8, 4) is 0 Å². The van der Waals surface area contributed by atoms with Crippen molar-refractivity contribution < 1.29 is 9.59 Å². The number of piperazine rings is 1. The van der Waals surface area contributed by atoms with E-state index < -0.39 is 5.54 Å². The monoisotopic (exact) mass is 411 g/mol. The number of H-pyrrole nitrogens is 1. The molecule has 0 saturated carbocycles. The van der Waals surface area contributed by atoms with Crippen LogP contribution < -0.4 is 5.32 Å². The number of likely N-dealkylation sites (N-methyl/N-ethyl adjacent to an activating group) is 1. The summed E-state index contributed by atoms with van der Waals surface area (Å²) < 4.78 is 0.